The van der Waals surface area contributed by atoms with E-state index in [2.05, 4.69) is 0 Å². The fraction of sp³-hybridized carbons (Fsp3) is 0.200. The lowest BCUT2D eigenvalue weighted by atomic mass is 10.0. The summed E-state index contributed by atoms with van der Waals surface area (Å²) in [5.74, 6) is 1.10. The lowest BCUT2D eigenvalue weighted by Crippen LogP contribution is -2.15. The molecule has 0 heterocycles. The van der Waals surface area contributed by atoms with E-state index in [1.807, 2.05) is 0 Å². The van der Waals surface area contributed by atoms with Gasteiger partial charge in [-0.05, 0) is 17.2 Å². The summed E-state index contributed by atoms with van der Waals surface area (Å²) in [6.07, 6.45) is 0.178. The number of nitro groups is 1. The van der Waals surface area contributed by atoms with Crippen LogP contribution < -0.4 is 14.6 Å². The van der Waals surface area contributed by atoms with E-state index in [4.69, 9.17) is 14.6 Å². The number of hydrogen-bond donors (Lipinski definition) is 1. The first-order chi connectivity index (χ1) is 11.3. The molecule has 2 aromatic rings. The minimum atomic E-state index is -4.11. The highest BCUT2D eigenvalue weighted by molar-refractivity contribution is 7.89. The van der Waals surface area contributed by atoms with Crippen molar-refractivity contribution in [3.05, 3.63) is 57.6 Å². The summed E-state index contributed by atoms with van der Waals surface area (Å²) in [6, 6.07) is 8.67. The van der Waals surface area contributed by atoms with Gasteiger partial charge in [0.25, 0.3) is 5.69 Å². The fourth-order valence-electron chi connectivity index (χ4n) is 2.27. The first kappa shape index (κ1) is 17.7. The molecule has 9 heteroatoms. The smallest absolute Gasteiger partial charge is 0.270 e. The minimum absolute atomic E-state index is 0.178. The van der Waals surface area contributed by atoms with Gasteiger partial charge < -0.3 is 9.47 Å². The van der Waals surface area contributed by atoms with Crippen molar-refractivity contribution in [2.24, 2.45) is 5.14 Å². The zero-order chi connectivity index (χ0) is 17.9. The number of benzene rings is 2. The highest BCUT2D eigenvalue weighted by atomic mass is 32.2. The molecule has 2 rings (SSSR count). The lowest BCUT2D eigenvalue weighted by molar-refractivity contribution is -0.385. The average Bonchev–Trinajstić information content (AvgIpc) is 2.54. The summed E-state index contributed by atoms with van der Waals surface area (Å²) in [5.41, 5.74) is 0.688. The Morgan fingerprint density at radius 3 is 2.29 bits per heavy atom. The van der Waals surface area contributed by atoms with Crippen molar-refractivity contribution >= 4 is 15.7 Å². The van der Waals surface area contributed by atoms with Gasteiger partial charge in [-0.25, -0.2) is 13.6 Å². The van der Waals surface area contributed by atoms with Crippen LogP contribution in [0.3, 0.4) is 0 Å². The van der Waals surface area contributed by atoms with Crippen LogP contribution in [0.4, 0.5) is 5.69 Å². The summed E-state index contributed by atoms with van der Waals surface area (Å²) in [4.78, 5) is 9.90. The minimum Gasteiger partial charge on any atom is -0.497 e. The Balaban J connectivity index is 2.52. The molecule has 2 N–H and O–H groups in total. The first-order valence-electron chi connectivity index (χ1n) is 6.77. The van der Waals surface area contributed by atoms with Gasteiger partial charge >= 0.3 is 0 Å². The molecular formula is C15H16N2O6S. The number of nitro benzene ring substituents is 1. The quantitative estimate of drug-likeness (QED) is 0.625. The molecule has 0 atom stereocenters. The van der Waals surface area contributed by atoms with E-state index < -0.39 is 14.9 Å². The molecule has 0 aromatic heterocycles. The van der Waals surface area contributed by atoms with Crippen molar-refractivity contribution in [1.29, 1.82) is 0 Å². The number of hydrogen-bond acceptors (Lipinski definition) is 6. The van der Waals surface area contributed by atoms with Crippen LogP contribution in [0.2, 0.25) is 0 Å². The zero-order valence-electron chi connectivity index (χ0n) is 13.1. The Hall–Kier alpha value is -2.65. The van der Waals surface area contributed by atoms with Crippen LogP contribution in [0.5, 0.6) is 11.5 Å². The molecule has 0 unspecified atom stereocenters. The summed E-state index contributed by atoms with van der Waals surface area (Å²) in [7, 11) is -1.11. The Morgan fingerprint density at radius 1 is 1.08 bits per heavy atom. The van der Waals surface area contributed by atoms with Crippen LogP contribution in [0.15, 0.2) is 41.3 Å². The van der Waals surface area contributed by atoms with Gasteiger partial charge in [0, 0.05) is 24.6 Å². The van der Waals surface area contributed by atoms with Crippen molar-refractivity contribution in [3.63, 3.8) is 0 Å². The Labute approximate surface area is 139 Å². The summed E-state index contributed by atoms with van der Waals surface area (Å²) in [5, 5.41) is 16.1. The predicted molar refractivity (Wildman–Crippen MR) is 86.8 cm³/mol. The maximum absolute atomic E-state index is 11.8. The molecule has 0 bridgehead atoms. The maximum Gasteiger partial charge on any atom is 0.270 e. The Morgan fingerprint density at radius 2 is 1.75 bits per heavy atom. The van der Waals surface area contributed by atoms with Gasteiger partial charge in [0.05, 0.1) is 24.0 Å². The van der Waals surface area contributed by atoms with Crippen molar-refractivity contribution in [1.82, 2.24) is 0 Å². The van der Waals surface area contributed by atoms with Crippen molar-refractivity contribution < 1.29 is 22.8 Å². The second kappa shape index (κ2) is 6.85. The molecule has 24 heavy (non-hydrogen) atoms. The van der Waals surface area contributed by atoms with E-state index in [-0.39, 0.29) is 17.0 Å². The second-order valence-electron chi connectivity index (χ2n) is 4.95. The summed E-state index contributed by atoms with van der Waals surface area (Å²) >= 11 is 0. The van der Waals surface area contributed by atoms with Gasteiger partial charge in [-0.2, -0.15) is 0 Å². The highest BCUT2D eigenvalue weighted by Gasteiger charge is 2.20. The van der Waals surface area contributed by atoms with E-state index >= 15 is 0 Å². The monoisotopic (exact) mass is 352 g/mol. The molecule has 0 amide bonds. The number of methoxy groups -OCH3 is 2. The standard InChI is InChI=1S/C15H16N2O6S/c1-22-13-6-4-10(14(9-13)23-2)7-11-3-5-12(17(18)19)8-15(11)24(16,20)21/h3-6,8-9H,7H2,1-2H3,(H2,16,20,21). The molecular weight excluding hydrogens is 336 g/mol. The van der Waals surface area contributed by atoms with Crippen LogP contribution in [0.1, 0.15) is 11.1 Å². The molecule has 0 saturated heterocycles. The van der Waals surface area contributed by atoms with E-state index in [1.54, 1.807) is 18.2 Å². The van der Waals surface area contributed by atoms with Crippen LogP contribution in [0.25, 0.3) is 0 Å². The topological polar surface area (TPSA) is 122 Å². The maximum atomic E-state index is 11.8. The van der Waals surface area contributed by atoms with E-state index in [0.29, 0.717) is 22.6 Å². The van der Waals surface area contributed by atoms with E-state index in [9.17, 15) is 18.5 Å². The van der Waals surface area contributed by atoms with Crippen LogP contribution in [-0.2, 0) is 16.4 Å². The van der Waals surface area contributed by atoms with Gasteiger partial charge in [0.1, 0.15) is 11.5 Å². The molecule has 128 valence electrons. The molecule has 0 aliphatic rings. The number of nitrogens with zero attached hydrogens (tertiary/aromatic N) is 1. The second-order valence-corrected chi connectivity index (χ2v) is 6.48. The molecule has 2 aromatic carbocycles. The van der Waals surface area contributed by atoms with Gasteiger partial charge in [-0.15, -0.1) is 0 Å². The Bertz CT molecular complexity index is 880. The average molecular weight is 352 g/mol. The van der Waals surface area contributed by atoms with Gasteiger partial charge in [-0.3, -0.25) is 10.1 Å². The van der Waals surface area contributed by atoms with Gasteiger partial charge in [-0.1, -0.05) is 12.1 Å². The van der Waals surface area contributed by atoms with Crippen molar-refractivity contribution in [2.75, 3.05) is 14.2 Å². The number of ether oxygens (including phenoxy) is 2. The van der Waals surface area contributed by atoms with Crippen LogP contribution in [-0.4, -0.2) is 27.6 Å². The third kappa shape index (κ3) is 3.81. The Kier molecular flexibility index (Phi) is 5.05. The molecule has 0 radical (unpaired) electrons. The molecule has 8 nitrogen and oxygen atoms in total. The summed E-state index contributed by atoms with van der Waals surface area (Å²) in [6.45, 7) is 0. The van der Waals surface area contributed by atoms with E-state index in [0.717, 1.165) is 6.07 Å². The molecule has 0 aliphatic carbocycles. The number of rotatable bonds is 6. The third-order valence-electron chi connectivity index (χ3n) is 3.44. The summed E-state index contributed by atoms with van der Waals surface area (Å²) < 4.78 is 33.9. The molecule has 0 fully saturated rings. The largest absolute Gasteiger partial charge is 0.497 e. The number of non-ortho nitro benzene ring substituents is 1. The van der Waals surface area contributed by atoms with E-state index in [1.165, 1.54) is 26.4 Å². The molecule has 0 saturated carbocycles. The zero-order valence-corrected chi connectivity index (χ0v) is 13.9. The van der Waals surface area contributed by atoms with Crippen LogP contribution >= 0.6 is 0 Å². The lowest BCUT2D eigenvalue weighted by Gasteiger charge is -2.12. The SMILES string of the molecule is COc1ccc(Cc2ccc([N+](=O)[O-])cc2S(N)(=O)=O)c(OC)c1. The van der Waals surface area contributed by atoms with Crippen LogP contribution in [0, 0.1) is 10.1 Å². The fourth-order valence-corrected chi connectivity index (χ4v) is 3.06. The molecule has 0 aliphatic heterocycles. The van der Waals surface area contributed by atoms with Gasteiger partial charge in [0.15, 0.2) is 0 Å². The predicted octanol–water partition coefficient (Wildman–Crippen LogP) is 1.85. The van der Waals surface area contributed by atoms with Crippen molar-refractivity contribution in [2.45, 2.75) is 11.3 Å². The molecule has 0 spiro atoms. The van der Waals surface area contributed by atoms with Crippen molar-refractivity contribution in [3.8, 4) is 11.5 Å². The normalized spacial score (nSPS) is 11.1. The van der Waals surface area contributed by atoms with Gasteiger partial charge in [0.2, 0.25) is 10.0 Å². The highest BCUT2D eigenvalue weighted by Crippen LogP contribution is 2.29. The third-order valence-corrected chi connectivity index (χ3v) is 4.44. The number of primary sulfonamides is 1. The number of sulfonamides is 1. The first-order valence-corrected chi connectivity index (χ1v) is 8.32. The number of nitrogens with two attached hydrogens (primary N) is 1.